The lowest BCUT2D eigenvalue weighted by Crippen LogP contribution is -2.27. The first-order valence-electron chi connectivity index (χ1n) is 5.20. The molecule has 84 valence electrons. The number of rotatable bonds is 1. The van der Waals surface area contributed by atoms with Crippen LogP contribution in [0.2, 0.25) is 0 Å². The summed E-state index contributed by atoms with van der Waals surface area (Å²) in [7, 11) is 1.32. The first kappa shape index (κ1) is 10.1. The van der Waals surface area contributed by atoms with Crippen molar-refractivity contribution in [3.63, 3.8) is 0 Å². The fourth-order valence-electron chi connectivity index (χ4n) is 2.57. The molecule has 0 bridgehead atoms. The highest BCUT2D eigenvalue weighted by atomic mass is 35.5. The molecule has 2 atom stereocenters. The molecule has 4 heteroatoms. The maximum Gasteiger partial charge on any atom is 0.357 e. The van der Waals surface area contributed by atoms with Crippen LogP contribution in [0.15, 0.2) is 24.3 Å². The highest BCUT2D eigenvalue weighted by Gasteiger charge is 2.77. The van der Waals surface area contributed by atoms with E-state index < -0.39 is 16.6 Å². The van der Waals surface area contributed by atoms with Crippen LogP contribution in [-0.2, 0) is 26.3 Å². The number of ether oxygens (including phenoxy) is 2. The smallest absolute Gasteiger partial charge is 0.357 e. The molecule has 0 saturated carbocycles. The van der Waals surface area contributed by atoms with Gasteiger partial charge in [-0.05, 0) is 24.0 Å². The molecule has 1 aromatic rings. The molecule has 2 unspecified atom stereocenters. The van der Waals surface area contributed by atoms with E-state index in [2.05, 4.69) is 4.74 Å². The van der Waals surface area contributed by atoms with Gasteiger partial charge in [-0.2, -0.15) is 0 Å². The number of carbonyl (C=O) groups excluding carboxylic acids is 1. The van der Waals surface area contributed by atoms with Crippen LogP contribution in [0.4, 0.5) is 0 Å². The molecule has 1 heterocycles. The number of esters is 1. The van der Waals surface area contributed by atoms with Crippen LogP contribution in [-0.4, -0.2) is 18.1 Å². The highest BCUT2D eigenvalue weighted by molar-refractivity contribution is 6.36. The predicted octanol–water partition coefficient (Wildman–Crippen LogP) is 1.97. The minimum absolute atomic E-state index is 0.508. The highest BCUT2D eigenvalue weighted by Crippen LogP contribution is 2.65. The Balaban J connectivity index is 2.04. The molecule has 0 amide bonds. The zero-order valence-electron chi connectivity index (χ0n) is 8.83. The first-order chi connectivity index (χ1) is 7.64. The zero-order chi connectivity index (χ0) is 11.4. The van der Waals surface area contributed by atoms with Crippen molar-refractivity contribution in [2.24, 2.45) is 0 Å². The average molecular weight is 239 g/mol. The maximum atomic E-state index is 11.6. The van der Waals surface area contributed by atoms with Gasteiger partial charge < -0.3 is 9.47 Å². The molecular formula is C12H11ClO3. The second-order valence-corrected chi connectivity index (χ2v) is 4.71. The molecule has 1 aliphatic heterocycles. The van der Waals surface area contributed by atoms with Crippen molar-refractivity contribution < 1.29 is 14.3 Å². The maximum absolute atomic E-state index is 11.6. The molecule has 1 saturated heterocycles. The van der Waals surface area contributed by atoms with Gasteiger partial charge in [-0.1, -0.05) is 35.9 Å². The normalized spacial score (nSPS) is 34.9. The number of methoxy groups -OCH3 is 1. The number of carbonyl (C=O) groups is 1. The van der Waals surface area contributed by atoms with E-state index >= 15 is 0 Å². The molecule has 2 aliphatic rings. The average Bonchev–Trinajstić information content (AvgIpc) is 2.75. The molecule has 3 rings (SSSR count). The second kappa shape index (κ2) is 2.99. The van der Waals surface area contributed by atoms with E-state index in [1.54, 1.807) is 0 Å². The lowest BCUT2D eigenvalue weighted by Gasteiger charge is -2.08. The summed E-state index contributed by atoms with van der Waals surface area (Å²) < 4.78 is 10.2. The van der Waals surface area contributed by atoms with Crippen molar-refractivity contribution in [2.75, 3.05) is 7.11 Å². The standard InChI is InChI=1S/C12H11ClO3/c1-15-10(14)12(13)11(16-12)7-6-8-4-2-3-5-9(8)11/h2-5H,6-7H2,1H3. The van der Waals surface area contributed by atoms with E-state index in [4.69, 9.17) is 16.3 Å². The number of hydrogen-bond donors (Lipinski definition) is 0. The van der Waals surface area contributed by atoms with Gasteiger partial charge in [0.25, 0.3) is 5.06 Å². The van der Waals surface area contributed by atoms with Crippen LogP contribution in [0, 0.1) is 0 Å². The molecule has 0 aromatic heterocycles. The molecule has 1 spiro atoms. The van der Waals surface area contributed by atoms with Crippen molar-refractivity contribution in [3.8, 4) is 0 Å². The third-order valence-corrected chi connectivity index (χ3v) is 3.98. The molecule has 1 aliphatic carbocycles. The molecule has 3 nitrogen and oxygen atoms in total. The summed E-state index contributed by atoms with van der Waals surface area (Å²) in [6, 6.07) is 7.92. The van der Waals surface area contributed by atoms with Crippen molar-refractivity contribution in [1.29, 1.82) is 0 Å². The van der Waals surface area contributed by atoms with E-state index in [1.807, 2.05) is 24.3 Å². The predicted molar refractivity (Wildman–Crippen MR) is 58.1 cm³/mol. The lowest BCUT2D eigenvalue weighted by atomic mass is 9.97. The number of fused-ring (bicyclic) bond motifs is 2. The fraction of sp³-hybridized carbons (Fsp3) is 0.417. The van der Waals surface area contributed by atoms with Gasteiger partial charge >= 0.3 is 5.97 Å². The summed E-state index contributed by atoms with van der Waals surface area (Å²) in [5, 5.41) is -1.31. The van der Waals surface area contributed by atoms with Crippen LogP contribution in [0.25, 0.3) is 0 Å². The monoisotopic (exact) mass is 238 g/mol. The number of halogens is 1. The SMILES string of the molecule is COC(=O)C1(Cl)OC12CCc1ccccc12. The summed E-state index contributed by atoms with van der Waals surface area (Å²) in [6.07, 6.45) is 1.63. The van der Waals surface area contributed by atoms with Crippen LogP contribution in [0.3, 0.4) is 0 Å². The van der Waals surface area contributed by atoms with E-state index in [0.29, 0.717) is 0 Å². The van der Waals surface area contributed by atoms with E-state index in [0.717, 1.165) is 18.4 Å². The van der Waals surface area contributed by atoms with Crippen LogP contribution in [0.1, 0.15) is 17.5 Å². The summed E-state index contributed by atoms with van der Waals surface area (Å²) >= 11 is 6.19. The minimum atomic E-state index is -1.31. The Morgan fingerprint density at radius 3 is 3.00 bits per heavy atom. The number of alkyl halides is 1. The minimum Gasteiger partial charge on any atom is -0.466 e. The Bertz CT molecular complexity index is 473. The van der Waals surface area contributed by atoms with Gasteiger partial charge in [0, 0.05) is 0 Å². The lowest BCUT2D eigenvalue weighted by molar-refractivity contribution is -0.143. The second-order valence-electron chi connectivity index (χ2n) is 4.17. The van der Waals surface area contributed by atoms with E-state index in [9.17, 15) is 4.79 Å². The third kappa shape index (κ3) is 1.00. The third-order valence-electron chi connectivity index (χ3n) is 3.44. The number of hydrogen-bond acceptors (Lipinski definition) is 3. The van der Waals surface area contributed by atoms with Crippen LogP contribution >= 0.6 is 11.6 Å². The molecule has 1 fully saturated rings. The molecule has 1 aromatic carbocycles. The summed E-state index contributed by atoms with van der Waals surface area (Å²) in [6.45, 7) is 0. The molecular weight excluding hydrogens is 228 g/mol. The Kier molecular flexibility index (Phi) is 1.89. The van der Waals surface area contributed by atoms with Gasteiger partial charge in [-0.15, -0.1) is 0 Å². The van der Waals surface area contributed by atoms with Gasteiger partial charge in [-0.25, -0.2) is 4.79 Å². The van der Waals surface area contributed by atoms with Gasteiger partial charge in [0.15, 0.2) is 5.60 Å². The molecule has 16 heavy (non-hydrogen) atoms. The van der Waals surface area contributed by atoms with Crippen molar-refractivity contribution >= 4 is 17.6 Å². The van der Waals surface area contributed by atoms with Gasteiger partial charge in [0.2, 0.25) is 0 Å². The fourth-order valence-corrected chi connectivity index (χ4v) is 2.98. The van der Waals surface area contributed by atoms with Crippen LogP contribution in [0.5, 0.6) is 0 Å². The number of benzene rings is 1. The van der Waals surface area contributed by atoms with Crippen molar-refractivity contribution in [1.82, 2.24) is 0 Å². The topological polar surface area (TPSA) is 38.8 Å². The Labute approximate surface area is 98.3 Å². The Morgan fingerprint density at radius 1 is 1.50 bits per heavy atom. The molecule has 0 radical (unpaired) electrons. The van der Waals surface area contributed by atoms with Gasteiger partial charge in [0.05, 0.1) is 7.11 Å². The largest absolute Gasteiger partial charge is 0.466 e. The Hall–Kier alpha value is -1.06. The zero-order valence-corrected chi connectivity index (χ0v) is 9.58. The van der Waals surface area contributed by atoms with E-state index in [-0.39, 0.29) is 0 Å². The summed E-state index contributed by atoms with van der Waals surface area (Å²) in [5.41, 5.74) is 1.57. The Morgan fingerprint density at radius 2 is 2.25 bits per heavy atom. The van der Waals surface area contributed by atoms with Gasteiger partial charge in [0.1, 0.15) is 0 Å². The number of epoxide rings is 1. The summed E-state index contributed by atoms with van der Waals surface area (Å²) in [4.78, 5) is 11.6. The van der Waals surface area contributed by atoms with Crippen molar-refractivity contribution in [3.05, 3.63) is 35.4 Å². The molecule has 0 N–H and O–H groups in total. The quantitative estimate of drug-likeness (QED) is 0.427. The van der Waals surface area contributed by atoms with E-state index in [1.165, 1.54) is 12.7 Å². The first-order valence-corrected chi connectivity index (χ1v) is 5.58. The van der Waals surface area contributed by atoms with Gasteiger partial charge in [-0.3, -0.25) is 0 Å². The van der Waals surface area contributed by atoms with Crippen LogP contribution < -0.4 is 0 Å². The van der Waals surface area contributed by atoms with Crippen molar-refractivity contribution in [2.45, 2.75) is 23.5 Å². The number of aryl methyl sites for hydroxylation is 1. The summed E-state index contributed by atoms with van der Waals surface area (Å²) in [5.74, 6) is -0.508.